The summed E-state index contributed by atoms with van der Waals surface area (Å²) in [5, 5.41) is 9.22. The first kappa shape index (κ1) is 16.2. The molecule has 1 aromatic rings. The Kier molecular flexibility index (Phi) is 4.30. The molecule has 3 rings (SSSR count). The van der Waals surface area contributed by atoms with Gasteiger partial charge >= 0.3 is 0 Å². The topological polar surface area (TPSA) is 86.1 Å². The lowest BCUT2D eigenvalue weighted by Gasteiger charge is -2.34. The fourth-order valence-electron chi connectivity index (χ4n) is 3.16. The second-order valence-corrected chi connectivity index (χ2v) is 8.53. The van der Waals surface area contributed by atoms with E-state index in [4.69, 9.17) is 0 Å². The van der Waals surface area contributed by atoms with E-state index in [1.807, 2.05) is 24.8 Å². The van der Waals surface area contributed by atoms with Gasteiger partial charge < -0.3 is 4.90 Å². The van der Waals surface area contributed by atoms with E-state index in [0.717, 1.165) is 43.5 Å². The quantitative estimate of drug-likeness (QED) is 0.904. The maximum atomic E-state index is 12.1. The van der Waals surface area contributed by atoms with E-state index >= 15 is 0 Å². The number of sulfonamides is 1. The molecule has 1 saturated carbocycles. The zero-order chi connectivity index (χ0) is 16.6. The Morgan fingerprint density at radius 1 is 1.35 bits per heavy atom. The van der Waals surface area contributed by atoms with Crippen LogP contribution in [0.25, 0.3) is 0 Å². The number of aryl methyl sites for hydroxylation is 2. The second kappa shape index (κ2) is 6.10. The first-order chi connectivity index (χ1) is 10.9. The Morgan fingerprint density at radius 2 is 2.09 bits per heavy atom. The fourth-order valence-corrected chi connectivity index (χ4v) is 4.76. The maximum Gasteiger partial charge on any atom is 0.214 e. The van der Waals surface area contributed by atoms with Crippen LogP contribution in [-0.2, 0) is 10.0 Å². The van der Waals surface area contributed by atoms with Crippen LogP contribution in [0.4, 0.5) is 5.82 Å². The third kappa shape index (κ3) is 3.48. The summed E-state index contributed by atoms with van der Waals surface area (Å²) in [4.78, 5) is 6.58. The fraction of sp³-hybridized carbons (Fsp3) is 0.625. The first-order valence-electron chi connectivity index (χ1n) is 8.05. The highest BCUT2D eigenvalue weighted by molar-refractivity contribution is 7.90. The van der Waals surface area contributed by atoms with E-state index in [1.165, 1.54) is 0 Å². The summed E-state index contributed by atoms with van der Waals surface area (Å²) in [7, 11) is -3.19. The van der Waals surface area contributed by atoms with Crippen molar-refractivity contribution in [1.82, 2.24) is 9.71 Å². The van der Waals surface area contributed by atoms with Crippen molar-refractivity contribution in [3.8, 4) is 6.07 Å². The third-order valence-corrected chi connectivity index (χ3v) is 6.46. The summed E-state index contributed by atoms with van der Waals surface area (Å²) in [6.07, 6.45) is 3.25. The smallest absolute Gasteiger partial charge is 0.214 e. The van der Waals surface area contributed by atoms with Crippen molar-refractivity contribution in [2.24, 2.45) is 0 Å². The van der Waals surface area contributed by atoms with E-state index in [0.29, 0.717) is 17.9 Å². The van der Waals surface area contributed by atoms with Crippen LogP contribution >= 0.6 is 0 Å². The minimum Gasteiger partial charge on any atom is -0.354 e. The molecule has 0 radical (unpaired) electrons. The normalized spacial score (nSPS) is 22.0. The Morgan fingerprint density at radius 3 is 2.74 bits per heavy atom. The number of aromatic nitrogens is 1. The van der Waals surface area contributed by atoms with Gasteiger partial charge in [0, 0.05) is 24.8 Å². The lowest BCUT2D eigenvalue weighted by atomic mass is 10.0. The zero-order valence-corrected chi connectivity index (χ0v) is 14.4. The summed E-state index contributed by atoms with van der Waals surface area (Å²) in [6, 6.07) is 4.03. The van der Waals surface area contributed by atoms with E-state index in [-0.39, 0.29) is 11.3 Å². The summed E-state index contributed by atoms with van der Waals surface area (Å²) >= 11 is 0. The van der Waals surface area contributed by atoms with Gasteiger partial charge in [-0.2, -0.15) is 5.26 Å². The van der Waals surface area contributed by atoms with Crippen molar-refractivity contribution in [3.05, 3.63) is 22.9 Å². The Hall–Kier alpha value is -1.65. The average molecular weight is 334 g/mol. The van der Waals surface area contributed by atoms with Crippen LogP contribution in [0.5, 0.6) is 0 Å². The summed E-state index contributed by atoms with van der Waals surface area (Å²) in [6.45, 7) is 5.19. The van der Waals surface area contributed by atoms with Gasteiger partial charge in [0.1, 0.15) is 11.9 Å². The van der Waals surface area contributed by atoms with Crippen LogP contribution in [0.3, 0.4) is 0 Å². The molecular formula is C16H22N4O2S. The van der Waals surface area contributed by atoms with Gasteiger partial charge in [0.15, 0.2) is 0 Å². The van der Waals surface area contributed by atoms with Gasteiger partial charge in [0.25, 0.3) is 0 Å². The molecule has 0 amide bonds. The molecule has 1 aliphatic heterocycles. The lowest BCUT2D eigenvalue weighted by Crippen LogP contribution is -2.49. The molecule has 6 nitrogen and oxygen atoms in total. The molecule has 0 spiro atoms. The van der Waals surface area contributed by atoms with E-state index < -0.39 is 10.0 Å². The molecular weight excluding hydrogens is 312 g/mol. The maximum absolute atomic E-state index is 12.1. The van der Waals surface area contributed by atoms with Gasteiger partial charge in [-0.15, -0.1) is 0 Å². The number of nitrogens with zero attached hydrogens (tertiary/aromatic N) is 3. The minimum atomic E-state index is -3.19. The average Bonchev–Trinajstić information content (AvgIpc) is 3.31. The minimum absolute atomic E-state index is 0.108. The molecule has 1 unspecified atom stereocenters. The molecule has 7 heteroatoms. The van der Waals surface area contributed by atoms with Crippen molar-refractivity contribution < 1.29 is 8.42 Å². The van der Waals surface area contributed by atoms with Crippen LogP contribution in [0.15, 0.2) is 6.07 Å². The van der Waals surface area contributed by atoms with Crippen molar-refractivity contribution in [3.63, 3.8) is 0 Å². The van der Waals surface area contributed by atoms with Gasteiger partial charge in [-0.05, 0) is 51.2 Å². The summed E-state index contributed by atoms with van der Waals surface area (Å²) in [5.41, 5.74) is 2.37. The molecule has 2 fully saturated rings. The van der Waals surface area contributed by atoms with Gasteiger partial charge in [-0.3, -0.25) is 0 Å². The lowest BCUT2D eigenvalue weighted by molar-refractivity contribution is 0.463. The molecule has 124 valence electrons. The van der Waals surface area contributed by atoms with E-state index in [9.17, 15) is 13.7 Å². The van der Waals surface area contributed by atoms with E-state index in [2.05, 4.69) is 15.8 Å². The van der Waals surface area contributed by atoms with Crippen LogP contribution in [0.2, 0.25) is 0 Å². The molecule has 2 heterocycles. The highest BCUT2D eigenvalue weighted by Crippen LogP contribution is 2.29. The van der Waals surface area contributed by atoms with Gasteiger partial charge in [-0.25, -0.2) is 18.1 Å². The number of anilines is 1. The van der Waals surface area contributed by atoms with Crippen LogP contribution in [0.1, 0.15) is 42.5 Å². The highest BCUT2D eigenvalue weighted by atomic mass is 32.2. The number of hydrogen-bond donors (Lipinski definition) is 1. The van der Waals surface area contributed by atoms with Crippen LogP contribution < -0.4 is 9.62 Å². The summed E-state index contributed by atoms with van der Waals surface area (Å²) in [5.74, 6) is 0.681. The van der Waals surface area contributed by atoms with Crippen LogP contribution in [0, 0.1) is 25.2 Å². The number of rotatable bonds is 4. The molecule has 1 aliphatic carbocycles. The van der Waals surface area contributed by atoms with E-state index in [1.54, 1.807) is 0 Å². The van der Waals surface area contributed by atoms with Gasteiger partial charge in [0.05, 0.1) is 10.8 Å². The van der Waals surface area contributed by atoms with Crippen molar-refractivity contribution in [2.75, 3.05) is 18.0 Å². The molecule has 0 bridgehead atoms. The third-order valence-electron chi connectivity index (χ3n) is 4.45. The zero-order valence-electron chi connectivity index (χ0n) is 13.5. The molecule has 2 aliphatic rings. The Bertz CT molecular complexity index is 750. The van der Waals surface area contributed by atoms with Gasteiger partial charge in [0.2, 0.25) is 10.0 Å². The monoisotopic (exact) mass is 334 g/mol. The predicted molar refractivity (Wildman–Crippen MR) is 88.7 cm³/mol. The van der Waals surface area contributed by atoms with Crippen molar-refractivity contribution >= 4 is 15.8 Å². The SMILES string of the molecule is Cc1cc(C)c(C#N)c(N2CCCC(NS(=O)(=O)C3CC3)C2)n1. The predicted octanol–water partition coefficient (Wildman–Crippen LogP) is 1.62. The molecule has 1 N–H and O–H groups in total. The highest BCUT2D eigenvalue weighted by Gasteiger charge is 2.37. The second-order valence-electron chi connectivity index (χ2n) is 6.54. The number of piperidine rings is 1. The molecule has 23 heavy (non-hydrogen) atoms. The van der Waals surface area contributed by atoms with Crippen molar-refractivity contribution in [2.45, 2.75) is 50.8 Å². The molecule has 0 aromatic carbocycles. The molecule has 1 atom stereocenters. The van der Waals surface area contributed by atoms with Crippen LogP contribution in [-0.4, -0.2) is 37.8 Å². The molecule has 1 aromatic heterocycles. The standard InChI is InChI=1S/C16H22N4O2S/c1-11-8-12(2)18-16(15(11)9-17)20-7-3-4-13(10-20)19-23(21,22)14-5-6-14/h8,13-14,19H,3-7,10H2,1-2H3. The Balaban J connectivity index is 1.80. The van der Waals surface area contributed by atoms with Crippen molar-refractivity contribution in [1.29, 1.82) is 5.26 Å². The van der Waals surface area contributed by atoms with Gasteiger partial charge in [-0.1, -0.05) is 0 Å². The largest absolute Gasteiger partial charge is 0.354 e. The number of nitriles is 1. The Labute approximate surface area is 137 Å². The number of pyridine rings is 1. The first-order valence-corrected chi connectivity index (χ1v) is 9.60. The number of hydrogen-bond acceptors (Lipinski definition) is 5. The molecule has 1 saturated heterocycles. The summed E-state index contributed by atoms with van der Waals surface area (Å²) < 4.78 is 27.1. The number of nitrogens with one attached hydrogen (secondary N) is 1.